The van der Waals surface area contributed by atoms with E-state index >= 15 is 0 Å². The maximum Gasteiger partial charge on any atom is 0.249 e. The van der Waals surface area contributed by atoms with Gasteiger partial charge in [-0.25, -0.2) is 0 Å². The quantitative estimate of drug-likeness (QED) is 0.284. The molecule has 32 heavy (non-hydrogen) atoms. The van der Waals surface area contributed by atoms with Crippen LogP contribution in [0.25, 0.3) is 32.9 Å². The summed E-state index contributed by atoms with van der Waals surface area (Å²) < 4.78 is 2.16. The molecule has 0 atom stereocenters. The van der Waals surface area contributed by atoms with Crippen molar-refractivity contribution >= 4 is 62.5 Å². The fourth-order valence-electron chi connectivity index (χ4n) is 4.21. The van der Waals surface area contributed by atoms with E-state index in [1.54, 1.807) is 12.1 Å². The van der Waals surface area contributed by atoms with E-state index in [0.717, 1.165) is 38.5 Å². The fourth-order valence-corrected chi connectivity index (χ4v) is 4.92. The predicted octanol–water partition coefficient (Wildman–Crippen LogP) is 7.57. The number of nitrogens with two attached hydrogens (primary N) is 1. The molecule has 0 aliphatic heterocycles. The second-order valence-electron chi connectivity index (χ2n) is 7.60. The standard InChI is InChI=1S/C26H17Cl3N2O/c27-17-9-11-18(22(29)13-17)15-8-10-19-24(12-15)31(14-16-4-1-2-6-21(16)28)23-7-3-5-20(25(19)23)26(30)32/h1-13H,14H2,(H2,30,32). The molecule has 0 saturated carbocycles. The molecule has 1 heterocycles. The zero-order valence-electron chi connectivity index (χ0n) is 16.8. The maximum atomic E-state index is 12.2. The van der Waals surface area contributed by atoms with Gasteiger partial charge in [-0.15, -0.1) is 0 Å². The molecule has 2 N–H and O–H groups in total. The molecule has 4 aromatic carbocycles. The summed E-state index contributed by atoms with van der Waals surface area (Å²) in [4.78, 5) is 12.2. The van der Waals surface area contributed by atoms with Crippen molar-refractivity contribution in [2.45, 2.75) is 6.54 Å². The SMILES string of the molecule is NC(=O)c1cccc2c1c1ccc(-c3ccc(Cl)cc3Cl)cc1n2Cc1ccccc1Cl. The van der Waals surface area contributed by atoms with Crippen LogP contribution in [0.5, 0.6) is 0 Å². The van der Waals surface area contributed by atoms with Crippen LogP contribution < -0.4 is 5.73 Å². The molecule has 0 spiro atoms. The second kappa shape index (κ2) is 8.18. The van der Waals surface area contributed by atoms with Crippen molar-refractivity contribution in [3.8, 4) is 11.1 Å². The Balaban J connectivity index is 1.82. The summed E-state index contributed by atoms with van der Waals surface area (Å²) >= 11 is 19.0. The van der Waals surface area contributed by atoms with Gasteiger partial charge in [-0.2, -0.15) is 0 Å². The third kappa shape index (κ3) is 3.53. The monoisotopic (exact) mass is 478 g/mol. The van der Waals surface area contributed by atoms with Gasteiger partial charge in [-0.1, -0.05) is 77.3 Å². The number of hydrogen-bond acceptors (Lipinski definition) is 1. The van der Waals surface area contributed by atoms with Gasteiger partial charge in [0.1, 0.15) is 0 Å². The molecule has 0 aliphatic carbocycles. The lowest BCUT2D eigenvalue weighted by Gasteiger charge is -2.11. The Morgan fingerprint density at radius 1 is 0.812 bits per heavy atom. The minimum absolute atomic E-state index is 0.461. The van der Waals surface area contributed by atoms with Crippen LogP contribution in [0.4, 0.5) is 0 Å². The first-order valence-electron chi connectivity index (χ1n) is 9.97. The van der Waals surface area contributed by atoms with Crippen LogP contribution >= 0.6 is 34.8 Å². The molecule has 0 aliphatic rings. The van der Waals surface area contributed by atoms with Gasteiger partial charge in [-0.05, 0) is 47.5 Å². The second-order valence-corrected chi connectivity index (χ2v) is 8.85. The van der Waals surface area contributed by atoms with Gasteiger partial charge in [0.25, 0.3) is 0 Å². The topological polar surface area (TPSA) is 48.0 Å². The van der Waals surface area contributed by atoms with Gasteiger partial charge in [0, 0.05) is 43.5 Å². The Morgan fingerprint density at radius 2 is 1.62 bits per heavy atom. The van der Waals surface area contributed by atoms with Crippen molar-refractivity contribution in [3.63, 3.8) is 0 Å². The molecule has 1 amide bonds. The third-order valence-electron chi connectivity index (χ3n) is 5.69. The Bertz CT molecular complexity index is 1520. The maximum absolute atomic E-state index is 12.2. The van der Waals surface area contributed by atoms with Crippen LogP contribution in [0.1, 0.15) is 15.9 Å². The largest absolute Gasteiger partial charge is 0.366 e. The normalized spacial score (nSPS) is 11.3. The Hall–Kier alpha value is -2.98. The van der Waals surface area contributed by atoms with Crippen molar-refractivity contribution in [1.82, 2.24) is 4.57 Å². The molecular weight excluding hydrogens is 463 g/mol. The lowest BCUT2D eigenvalue weighted by Crippen LogP contribution is -2.11. The number of carbonyl (C=O) groups excluding carboxylic acids is 1. The molecule has 0 saturated heterocycles. The van der Waals surface area contributed by atoms with E-state index in [9.17, 15) is 4.79 Å². The number of fused-ring (bicyclic) bond motifs is 3. The molecule has 5 rings (SSSR count). The highest BCUT2D eigenvalue weighted by molar-refractivity contribution is 6.36. The van der Waals surface area contributed by atoms with E-state index in [1.165, 1.54) is 0 Å². The summed E-state index contributed by atoms with van der Waals surface area (Å²) in [5.74, 6) is -0.461. The third-order valence-corrected chi connectivity index (χ3v) is 6.60. The Labute approximate surface area is 199 Å². The summed E-state index contributed by atoms with van der Waals surface area (Å²) in [5, 5.41) is 3.61. The number of halogens is 3. The number of aromatic nitrogens is 1. The molecule has 6 heteroatoms. The number of nitrogens with zero attached hydrogens (tertiary/aromatic N) is 1. The molecule has 0 bridgehead atoms. The van der Waals surface area contributed by atoms with Gasteiger partial charge in [-0.3, -0.25) is 4.79 Å². The average Bonchev–Trinajstić information content (AvgIpc) is 3.08. The van der Waals surface area contributed by atoms with Crippen LogP contribution in [0.15, 0.2) is 78.9 Å². The Kier molecular flexibility index (Phi) is 5.34. The molecule has 0 unspecified atom stereocenters. The highest BCUT2D eigenvalue weighted by Gasteiger charge is 2.18. The van der Waals surface area contributed by atoms with Gasteiger partial charge in [0.05, 0.1) is 11.0 Å². The van der Waals surface area contributed by atoms with E-state index in [0.29, 0.717) is 27.2 Å². The van der Waals surface area contributed by atoms with Crippen molar-refractivity contribution in [3.05, 3.63) is 105 Å². The molecule has 0 fully saturated rings. The smallest absolute Gasteiger partial charge is 0.249 e. The van der Waals surface area contributed by atoms with Crippen molar-refractivity contribution in [2.24, 2.45) is 5.73 Å². The fraction of sp³-hybridized carbons (Fsp3) is 0.0385. The highest BCUT2D eigenvalue weighted by Crippen LogP contribution is 2.37. The molecule has 158 valence electrons. The predicted molar refractivity (Wildman–Crippen MR) is 134 cm³/mol. The van der Waals surface area contributed by atoms with E-state index in [-0.39, 0.29) is 0 Å². The minimum atomic E-state index is -0.461. The van der Waals surface area contributed by atoms with E-state index in [2.05, 4.69) is 10.6 Å². The average molecular weight is 480 g/mol. The molecular formula is C26H17Cl3N2O. The summed E-state index contributed by atoms with van der Waals surface area (Å²) in [6, 6.07) is 24.9. The van der Waals surface area contributed by atoms with E-state index < -0.39 is 5.91 Å². The number of amides is 1. The number of hydrogen-bond donors (Lipinski definition) is 1. The van der Waals surface area contributed by atoms with Gasteiger partial charge in [0.2, 0.25) is 5.91 Å². The van der Waals surface area contributed by atoms with Gasteiger partial charge < -0.3 is 10.3 Å². The van der Waals surface area contributed by atoms with Crippen molar-refractivity contribution in [2.75, 3.05) is 0 Å². The summed E-state index contributed by atoms with van der Waals surface area (Å²) in [6.07, 6.45) is 0. The first kappa shape index (κ1) is 20.9. The lowest BCUT2D eigenvalue weighted by molar-refractivity contribution is 0.100. The van der Waals surface area contributed by atoms with E-state index in [4.69, 9.17) is 40.5 Å². The molecule has 3 nitrogen and oxygen atoms in total. The first-order valence-corrected chi connectivity index (χ1v) is 11.1. The highest BCUT2D eigenvalue weighted by atomic mass is 35.5. The lowest BCUT2D eigenvalue weighted by atomic mass is 10.0. The number of primary amides is 1. The van der Waals surface area contributed by atoms with E-state index in [1.807, 2.05) is 60.7 Å². The molecule has 5 aromatic rings. The molecule has 0 radical (unpaired) electrons. The zero-order chi connectivity index (χ0) is 22.4. The van der Waals surface area contributed by atoms with Crippen LogP contribution in [-0.2, 0) is 6.54 Å². The summed E-state index contributed by atoms with van der Waals surface area (Å²) in [6.45, 7) is 0.541. The minimum Gasteiger partial charge on any atom is -0.366 e. The van der Waals surface area contributed by atoms with Crippen LogP contribution in [0.3, 0.4) is 0 Å². The summed E-state index contributed by atoms with van der Waals surface area (Å²) in [7, 11) is 0. The van der Waals surface area contributed by atoms with Crippen molar-refractivity contribution in [1.29, 1.82) is 0 Å². The zero-order valence-corrected chi connectivity index (χ0v) is 19.0. The first-order chi connectivity index (χ1) is 15.4. The number of rotatable bonds is 4. The molecule has 1 aromatic heterocycles. The van der Waals surface area contributed by atoms with Gasteiger partial charge in [0.15, 0.2) is 0 Å². The summed E-state index contributed by atoms with van der Waals surface area (Å²) in [5.41, 5.74) is 10.9. The van der Waals surface area contributed by atoms with Crippen LogP contribution in [0, 0.1) is 0 Å². The van der Waals surface area contributed by atoms with Crippen molar-refractivity contribution < 1.29 is 4.79 Å². The van der Waals surface area contributed by atoms with Crippen LogP contribution in [0.2, 0.25) is 15.1 Å². The number of benzene rings is 4. The Morgan fingerprint density at radius 3 is 2.38 bits per heavy atom. The number of carbonyl (C=O) groups is 1. The van der Waals surface area contributed by atoms with Gasteiger partial charge >= 0.3 is 0 Å². The van der Waals surface area contributed by atoms with Crippen LogP contribution in [-0.4, -0.2) is 10.5 Å².